The zero-order valence-electron chi connectivity index (χ0n) is 20.3. The van der Waals surface area contributed by atoms with Crippen molar-refractivity contribution in [1.82, 2.24) is 0 Å². The Morgan fingerprint density at radius 3 is 2.35 bits per heavy atom. The molecule has 4 aliphatic rings. The molecule has 172 valence electrons. The summed E-state index contributed by atoms with van der Waals surface area (Å²) in [6, 6.07) is 0. The van der Waals surface area contributed by atoms with Crippen LogP contribution in [0.2, 0.25) is 0 Å². The van der Waals surface area contributed by atoms with Crippen LogP contribution in [0.4, 0.5) is 0 Å². The van der Waals surface area contributed by atoms with Crippen LogP contribution in [-0.2, 0) is 14.3 Å². The Hall–Kier alpha value is -1.58. The van der Waals surface area contributed by atoms with Crippen molar-refractivity contribution in [2.45, 2.75) is 92.6 Å². The Kier molecular flexibility index (Phi) is 5.46. The molecule has 0 aromatic rings. The number of carbonyl (C=O) groups is 2. The van der Waals surface area contributed by atoms with Crippen molar-refractivity contribution in [1.29, 1.82) is 0 Å². The number of rotatable bonds is 4. The van der Waals surface area contributed by atoms with Gasteiger partial charge in [-0.25, -0.2) is 4.79 Å². The molecule has 4 heteroatoms. The maximum absolute atomic E-state index is 12.8. The van der Waals surface area contributed by atoms with E-state index in [1.807, 2.05) is 13.8 Å². The number of primary amides is 1. The minimum atomic E-state index is -0.381. The van der Waals surface area contributed by atoms with E-state index in [9.17, 15) is 9.59 Å². The molecule has 4 aliphatic carbocycles. The summed E-state index contributed by atoms with van der Waals surface area (Å²) < 4.78 is 5.47. The maximum atomic E-state index is 12.8. The molecule has 0 heterocycles. The van der Waals surface area contributed by atoms with Crippen LogP contribution in [0.25, 0.3) is 0 Å². The lowest BCUT2D eigenvalue weighted by Gasteiger charge is -2.59. The van der Waals surface area contributed by atoms with Crippen molar-refractivity contribution in [3.05, 3.63) is 23.3 Å². The Morgan fingerprint density at radius 2 is 1.74 bits per heavy atom. The molecule has 2 N–H and O–H groups in total. The van der Waals surface area contributed by atoms with Gasteiger partial charge in [-0.2, -0.15) is 0 Å². The highest BCUT2D eigenvalue weighted by molar-refractivity contribution is 5.89. The maximum Gasteiger partial charge on any atom is 0.334 e. The second-order valence-electron chi connectivity index (χ2n) is 11.8. The van der Waals surface area contributed by atoms with Gasteiger partial charge in [-0.3, -0.25) is 4.79 Å². The molecule has 1 amide bonds. The summed E-state index contributed by atoms with van der Waals surface area (Å²) in [4.78, 5) is 25.3. The van der Waals surface area contributed by atoms with Crippen molar-refractivity contribution in [3.8, 4) is 0 Å². The smallest absolute Gasteiger partial charge is 0.334 e. The van der Waals surface area contributed by atoms with E-state index in [2.05, 4.69) is 39.8 Å². The molecular formula is C27H41NO3. The molecule has 1 unspecified atom stereocenters. The van der Waals surface area contributed by atoms with Crippen molar-refractivity contribution >= 4 is 11.9 Å². The van der Waals surface area contributed by atoms with E-state index in [-0.39, 0.29) is 40.1 Å². The second-order valence-corrected chi connectivity index (χ2v) is 11.8. The highest BCUT2D eigenvalue weighted by Gasteiger charge is 2.66. The topological polar surface area (TPSA) is 69.4 Å². The standard InChI is InChI=1S/C27H41NO3/c1-16(2)27(24(28)30)14-11-22-20-8-7-19-15-18(23(29)31-17(3)4)9-12-25(19,5)21(20)10-13-26(22,27)6/h7,15-17,20-22H,8-14H2,1-6H3,(H2,28,30)/t20-,21-,22+,25+,26+,27?/m1/s1. The fourth-order valence-electron chi connectivity index (χ4n) is 8.49. The van der Waals surface area contributed by atoms with Crippen LogP contribution in [0, 0.1) is 39.9 Å². The predicted octanol–water partition coefficient (Wildman–Crippen LogP) is 5.56. The predicted molar refractivity (Wildman–Crippen MR) is 123 cm³/mol. The molecule has 0 spiro atoms. The zero-order chi connectivity index (χ0) is 22.8. The molecule has 0 aliphatic heterocycles. The normalized spacial score (nSPS) is 41.7. The van der Waals surface area contributed by atoms with Crippen molar-refractivity contribution in [2.24, 2.45) is 45.7 Å². The molecular weight excluding hydrogens is 386 g/mol. The van der Waals surface area contributed by atoms with Gasteiger partial charge in [0.15, 0.2) is 0 Å². The van der Waals surface area contributed by atoms with E-state index in [0.29, 0.717) is 17.8 Å². The summed E-state index contributed by atoms with van der Waals surface area (Å²) in [5.74, 6) is 1.79. The molecule has 4 rings (SSSR count). The van der Waals surface area contributed by atoms with E-state index >= 15 is 0 Å². The molecule has 0 aromatic carbocycles. The van der Waals surface area contributed by atoms with Gasteiger partial charge in [0.05, 0.1) is 11.5 Å². The summed E-state index contributed by atoms with van der Waals surface area (Å²) in [6.07, 6.45) is 11.6. The third-order valence-corrected chi connectivity index (χ3v) is 10.1. The van der Waals surface area contributed by atoms with Gasteiger partial charge in [-0.05, 0) is 105 Å². The summed E-state index contributed by atoms with van der Waals surface area (Å²) in [6.45, 7) is 13.0. The van der Waals surface area contributed by atoms with Crippen LogP contribution in [-0.4, -0.2) is 18.0 Å². The average Bonchev–Trinajstić information content (AvgIpc) is 3.01. The van der Waals surface area contributed by atoms with Crippen molar-refractivity contribution in [2.75, 3.05) is 0 Å². The monoisotopic (exact) mass is 427 g/mol. The third kappa shape index (κ3) is 3.07. The molecule has 6 atom stereocenters. The van der Waals surface area contributed by atoms with Gasteiger partial charge in [-0.1, -0.05) is 33.8 Å². The fourth-order valence-corrected chi connectivity index (χ4v) is 8.49. The number of hydrogen-bond acceptors (Lipinski definition) is 3. The van der Waals surface area contributed by atoms with Crippen LogP contribution in [0.3, 0.4) is 0 Å². The largest absolute Gasteiger partial charge is 0.460 e. The molecule has 0 radical (unpaired) electrons. The number of ether oxygens (including phenoxy) is 1. The molecule has 2 fully saturated rings. The van der Waals surface area contributed by atoms with Gasteiger partial charge in [0, 0.05) is 5.57 Å². The molecule has 31 heavy (non-hydrogen) atoms. The zero-order valence-corrected chi connectivity index (χ0v) is 20.3. The Labute approximate surface area is 188 Å². The van der Waals surface area contributed by atoms with Gasteiger partial charge in [-0.15, -0.1) is 0 Å². The first kappa shape index (κ1) is 22.6. The molecule has 0 aromatic heterocycles. The minimum Gasteiger partial charge on any atom is -0.460 e. The minimum absolute atomic E-state index is 0.00733. The number of amides is 1. The summed E-state index contributed by atoms with van der Waals surface area (Å²) in [5.41, 5.74) is 7.99. The van der Waals surface area contributed by atoms with Gasteiger partial charge in [0.25, 0.3) is 0 Å². The van der Waals surface area contributed by atoms with E-state index in [4.69, 9.17) is 10.5 Å². The van der Waals surface area contributed by atoms with E-state index in [1.54, 1.807) is 0 Å². The summed E-state index contributed by atoms with van der Waals surface area (Å²) in [7, 11) is 0. The van der Waals surface area contributed by atoms with Crippen LogP contribution in [0.5, 0.6) is 0 Å². The molecule has 0 saturated heterocycles. The number of hydrogen-bond donors (Lipinski definition) is 1. The first-order valence-electron chi connectivity index (χ1n) is 12.4. The van der Waals surface area contributed by atoms with E-state index < -0.39 is 0 Å². The Morgan fingerprint density at radius 1 is 1.06 bits per heavy atom. The summed E-state index contributed by atoms with van der Waals surface area (Å²) in [5, 5.41) is 0. The Balaban J connectivity index is 1.66. The summed E-state index contributed by atoms with van der Waals surface area (Å²) >= 11 is 0. The highest BCUT2D eigenvalue weighted by Crippen LogP contribution is 2.70. The lowest BCUT2D eigenvalue weighted by Crippen LogP contribution is -2.56. The third-order valence-electron chi connectivity index (χ3n) is 10.1. The number of nitrogens with two attached hydrogens (primary N) is 1. The van der Waals surface area contributed by atoms with Gasteiger partial charge in [0.1, 0.15) is 0 Å². The lowest BCUT2D eigenvalue weighted by molar-refractivity contribution is -0.146. The first-order chi connectivity index (χ1) is 14.5. The van der Waals surface area contributed by atoms with Gasteiger partial charge in [0.2, 0.25) is 5.91 Å². The Bertz CT molecular complexity index is 839. The number of esters is 1. The lowest BCUT2D eigenvalue weighted by atomic mass is 9.45. The molecule has 2 saturated carbocycles. The van der Waals surface area contributed by atoms with Crippen LogP contribution in [0.15, 0.2) is 23.3 Å². The quantitative estimate of drug-likeness (QED) is 0.597. The van der Waals surface area contributed by atoms with Crippen LogP contribution in [0.1, 0.15) is 86.5 Å². The second kappa shape index (κ2) is 7.49. The van der Waals surface area contributed by atoms with Gasteiger partial charge < -0.3 is 10.5 Å². The van der Waals surface area contributed by atoms with Crippen molar-refractivity contribution in [3.63, 3.8) is 0 Å². The van der Waals surface area contributed by atoms with Crippen LogP contribution >= 0.6 is 0 Å². The highest BCUT2D eigenvalue weighted by atomic mass is 16.5. The van der Waals surface area contributed by atoms with Crippen LogP contribution < -0.4 is 5.73 Å². The van der Waals surface area contributed by atoms with Crippen molar-refractivity contribution < 1.29 is 14.3 Å². The number of allylic oxidation sites excluding steroid dienone is 3. The molecule has 0 bridgehead atoms. The van der Waals surface area contributed by atoms with E-state index in [1.165, 1.54) is 5.57 Å². The van der Waals surface area contributed by atoms with Gasteiger partial charge >= 0.3 is 5.97 Å². The SMILES string of the molecule is CC(C)OC(=O)C1=CC2=CC[C@@H]3[C@@H](CC[C@@]4(C)[C@H]3CCC4(C(N)=O)C(C)C)[C@@]2(C)CC1. The van der Waals surface area contributed by atoms with E-state index in [0.717, 1.165) is 50.5 Å². The average molecular weight is 428 g/mol. The molecule has 4 nitrogen and oxygen atoms in total. The number of carbonyl (C=O) groups excluding carboxylic acids is 2. The number of fused-ring (bicyclic) bond motifs is 5. The first-order valence-corrected chi connectivity index (χ1v) is 12.4. The fraction of sp³-hybridized carbons (Fsp3) is 0.778.